The molecule has 0 saturated carbocycles. The molecule has 0 aliphatic carbocycles. The van der Waals surface area contributed by atoms with Gasteiger partial charge in [0.05, 0.1) is 0 Å². The zero-order chi connectivity index (χ0) is 18.5. The molecule has 0 N–H and O–H groups in total. The van der Waals surface area contributed by atoms with Gasteiger partial charge in [0, 0.05) is 59.7 Å². The first-order chi connectivity index (χ1) is 12.6. The molecule has 1 aromatic carbocycles. The maximum absolute atomic E-state index is 12.3. The lowest BCUT2D eigenvalue weighted by atomic mass is 10.2. The van der Waals surface area contributed by atoms with Crippen LogP contribution in [-0.2, 0) is 16.1 Å². The van der Waals surface area contributed by atoms with Gasteiger partial charge in [-0.25, -0.2) is 0 Å². The Kier molecular flexibility index (Phi) is 6.70. The summed E-state index contributed by atoms with van der Waals surface area (Å²) < 4.78 is 5.42. The summed E-state index contributed by atoms with van der Waals surface area (Å²) in [5.41, 5.74) is 1.09. The number of piperazine rings is 1. The maximum Gasteiger partial charge on any atom is 0.251 e. The van der Waals surface area contributed by atoms with Crippen molar-refractivity contribution >= 4 is 28.8 Å². The van der Waals surface area contributed by atoms with Gasteiger partial charge < -0.3 is 9.64 Å². The van der Waals surface area contributed by atoms with Gasteiger partial charge in [0.25, 0.3) is 5.91 Å². The summed E-state index contributed by atoms with van der Waals surface area (Å²) in [6.07, 6.45) is -0.345. The van der Waals surface area contributed by atoms with E-state index in [1.807, 2.05) is 36.9 Å². The van der Waals surface area contributed by atoms with E-state index in [4.69, 9.17) is 16.3 Å². The molecule has 2 heterocycles. The molecule has 1 atom stereocenters. The second-order valence-corrected chi connectivity index (χ2v) is 8.02. The molecule has 1 fully saturated rings. The number of rotatable bonds is 6. The van der Waals surface area contributed by atoms with Crippen LogP contribution in [0.3, 0.4) is 0 Å². The van der Waals surface area contributed by atoms with Crippen molar-refractivity contribution in [1.82, 2.24) is 9.80 Å². The fourth-order valence-corrected chi connectivity index (χ4v) is 4.58. The summed E-state index contributed by atoms with van der Waals surface area (Å²) in [6, 6.07) is 12.3. The van der Waals surface area contributed by atoms with Crippen LogP contribution in [0.5, 0.6) is 0 Å². The number of hydrogen-bond acceptors (Lipinski definition) is 4. The lowest BCUT2D eigenvalue weighted by Crippen LogP contribution is -2.51. The molecule has 1 saturated heterocycles. The number of carbonyl (C=O) groups is 1. The highest BCUT2D eigenvalue weighted by Crippen LogP contribution is 2.33. The van der Waals surface area contributed by atoms with Crippen molar-refractivity contribution in [1.29, 1.82) is 0 Å². The van der Waals surface area contributed by atoms with Gasteiger partial charge in [-0.05, 0) is 32.0 Å². The number of carbonyl (C=O) groups excluding carboxylic acids is 1. The average molecular weight is 393 g/mol. The summed E-state index contributed by atoms with van der Waals surface area (Å²) in [6.45, 7) is 8.54. The second kappa shape index (κ2) is 9.00. The molecule has 1 amide bonds. The third-order valence-corrected chi connectivity index (χ3v) is 6.06. The SMILES string of the molecule is CCOC(C)C(=O)N1CCN(Cc2ccc(-c3ccccc3Cl)s2)CC1. The Bertz CT molecular complexity index is 741. The number of hydrogen-bond donors (Lipinski definition) is 0. The summed E-state index contributed by atoms with van der Waals surface area (Å²) >= 11 is 8.09. The quantitative estimate of drug-likeness (QED) is 0.740. The number of nitrogens with zero attached hydrogens (tertiary/aromatic N) is 2. The van der Waals surface area contributed by atoms with Gasteiger partial charge in [0.2, 0.25) is 0 Å². The minimum Gasteiger partial charge on any atom is -0.369 e. The minimum absolute atomic E-state index is 0.101. The number of halogens is 1. The van der Waals surface area contributed by atoms with Crippen LogP contribution in [0.4, 0.5) is 0 Å². The lowest BCUT2D eigenvalue weighted by molar-refractivity contribution is -0.144. The molecule has 0 bridgehead atoms. The molecule has 1 aliphatic heterocycles. The van der Waals surface area contributed by atoms with Crippen LogP contribution < -0.4 is 0 Å². The van der Waals surface area contributed by atoms with Gasteiger partial charge in [-0.2, -0.15) is 0 Å². The smallest absolute Gasteiger partial charge is 0.251 e. The topological polar surface area (TPSA) is 32.8 Å². The zero-order valence-electron chi connectivity index (χ0n) is 15.3. The highest BCUT2D eigenvalue weighted by Gasteiger charge is 2.25. The van der Waals surface area contributed by atoms with Crippen LogP contribution in [0.1, 0.15) is 18.7 Å². The van der Waals surface area contributed by atoms with Crippen LogP contribution in [-0.4, -0.2) is 54.6 Å². The first-order valence-electron chi connectivity index (χ1n) is 9.05. The molecule has 1 aliphatic rings. The molecule has 6 heteroatoms. The number of amides is 1. The molecule has 1 aromatic heterocycles. The zero-order valence-corrected chi connectivity index (χ0v) is 16.9. The van der Waals surface area contributed by atoms with E-state index in [9.17, 15) is 4.79 Å². The Balaban J connectivity index is 1.54. The van der Waals surface area contributed by atoms with Crippen LogP contribution in [0.25, 0.3) is 10.4 Å². The predicted molar refractivity (Wildman–Crippen MR) is 108 cm³/mol. The summed E-state index contributed by atoms with van der Waals surface area (Å²) in [7, 11) is 0. The van der Waals surface area contributed by atoms with Crippen LogP contribution in [0.2, 0.25) is 5.02 Å². The van der Waals surface area contributed by atoms with E-state index >= 15 is 0 Å². The molecule has 26 heavy (non-hydrogen) atoms. The van der Waals surface area contributed by atoms with Gasteiger partial charge >= 0.3 is 0 Å². The summed E-state index contributed by atoms with van der Waals surface area (Å²) in [5, 5.41) is 0.788. The molecule has 140 valence electrons. The van der Waals surface area contributed by atoms with Crippen molar-refractivity contribution in [3.05, 3.63) is 46.3 Å². The molecule has 0 spiro atoms. The average Bonchev–Trinajstić information content (AvgIpc) is 3.10. The van der Waals surface area contributed by atoms with Crippen molar-refractivity contribution in [3.63, 3.8) is 0 Å². The highest BCUT2D eigenvalue weighted by atomic mass is 35.5. The van der Waals surface area contributed by atoms with Crippen molar-refractivity contribution < 1.29 is 9.53 Å². The van der Waals surface area contributed by atoms with E-state index in [0.29, 0.717) is 6.61 Å². The summed E-state index contributed by atoms with van der Waals surface area (Å²) in [4.78, 5) is 19.2. The third kappa shape index (κ3) is 4.65. The molecule has 4 nitrogen and oxygen atoms in total. The van der Waals surface area contributed by atoms with E-state index in [0.717, 1.165) is 43.3 Å². The first kappa shape index (κ1) is 19.4. The van der Waals surface area contributed by atoms with E-state index in [1.54, 1.807) is 11.3 Å². The van der Waals surface area contributed by atoms with Crippen LogP contribution in [0, 0.1) is 0 Å². The largest absolute Gasteiger partial charge is 0.369 e. The lowest BCUT2D eigenvalue weighted by Gasteiger charge is -2.35. The van der Waals surface area contributed by atoms with Crippen molar-refractivity contribution in [3.8, 4) is 10.4 Å². The normalized spacial score (nSPS) is 16.7. The number of thiophene rings is 1. The Morgan fingerprint density at radius 3 is 2.62 bits per heavy atom. The molecule has 3 rings (SSSR count). The molecular formula is C20H25ClN2O2S. The summed E-state index contributed by atoms with van der Waals surface area (Å²) in [5.74, 6) is 0.101. The van der Waals surface area contributed by atoms with E-state index in [2.05, 4.69) is 23.1 Å². The van der Waals surface area contributed by atoms with Crippen molar-refractivity contribution in [2.75, 3.05) is 32.8 Å². The molecule has 2 aromatic rings. The van der Waals surface area contributed by atoms with Crippen molar-refractivity contribution in [2.45, 2.75) is 26.5 Å². The molecule has 0 radical (unpaired) electrons. The Labute approximate surface area is 164 Å². The number of benzene rings is 1. The Morgan fingerprint density at radius 1 is 1.19 bits per heavy atom. The van der Waals surface area contributed by atoms with Crippen molar-refractivity contribution in [2.24, 2.45) is 0 Å². The fourth-order valence-electron chi connectivity index (χ4n) is 3.19. The molecular weight excluding hydrogens is 368 g/mol. The predicted octanol–water partition coefficient (Wildman–Crippen LogP) is 4.14. The third-order valence-electron chi connectivity index (χ3n) is 4.63. The fraction of sp³-hybridized carbons (Fsp3) is 0.450. The monoisotopic (exact) mass is 392 g/mol. The van der Waals surface area contributed by atoms with Gasteiger partial charge in [0.1, 0.15) is 6.10 Å². The Morgan fingerprint density at radius 2 is 1.92 bits per heavy atom. The maximum atomic E-state index is 12.3. The Hall–Kier alpha value is -1.40. The van der Waals surface area contributed by atoms with Crippen LogP contribution >= 0.6 is 22.9 Å². The minimum atomic E-state index is -0.345. The van der Waals surface area contributed by atoms with E-state index in [1.165, 1.54) is 9.75 Å². The van der Waals surface area contributed by atoms with Gasteiger partial charge in [-0.1, -0.05) is 29.8 Å². The molecule has 1 unspecified atom stereocenters. The van der Waals surface area contributed by atoms with Gasteiger partial charge in [-0.3, -0.25) is 9.69 Å². The second-order valence-electron chi connectivity index (χ2n) is 6.44. The van der Waals surface area contributed by atoms with Crippen LogP contribution in [0.15, 0.2) is 36.4 Å². The highest BCUT2D eigenvalue weighted by molar-refractivity contribution is 7.15. The van der Waals surface area contributed by atoms with E-state index in [-0.39, 0.29) is 12.0 Å². The van der Waals surface area contributed by atoms with Gasteiger partial charge in [0.15, 0.2) is 0 Å². The standard InChI is InChI=1S/C20H25ClN2O2S/c1-3-25-15(2)20(24)23-12-10-22(11-13-23)14-16-8-9-19(26-16)17-6-4-5-7-18(17)21/h4-9,15H,3,10-14H2,1-2H3. The van der Waals surface area contributed by atoms with E-state index < -0.39 is 0 Å². The number of ether oxygens (including phenoxy) is 1. The van der Waals surface area contributed by atoms with Gasteiger partial charge in [-0.15, -0.1) is 11.3 Å². The first-order valence-corrected chi connectivity index (χ1v) is 10.2.